The number of carbonyl (C=O) groups excluding carboxylic acids is 1. The fraction of sp³-hybridized carbons (Fsp3) is 0.500. The predicted octanol–water partition coefficient (Wildman–Crippen LogP) is 2.57. The molecule has 1 aliphatic rings. The van der Waals surface area contributed by atoms with Crippen molar-refractivity contribution in [1.82, 2.24) is 4.57 Å². The SMILES string of the molecule is O=C1CCCc2c1ccn2CC(F)(F)F. The van der Waals surface area contributed by atoms with Crippen LogP contribution in [-0.2, 0) is 13.0 Å². The summed E-state index contributed by atoms with van der Waals surface area (Å²) in [5.74, 6) is -0.0443. The third-order valence-electron chi connectivity index (χ3n) is 2.55. The first-order valence-electron chi connectivity index (χ1n) is 4.75. The number of hydrogen-bond acceptors (Lipinski definition) is 1. The number of alkyl halides is 3. The summed E-state index contributed by atoms with van der Waals surface area (Å²) in [6.07, 6.45) is -1.23. The minimum atomic E-state index is -4.23. The highest BCUT2D eigenvalue weighted by Gasteiger charge is 2.30. The second-order valence-corrected chi connectivity index (χ2v) is 3.70. The Bertz CT molecular complexity index is 392. The second kappa shape index (κ2) is 3.40. The lowest BCUT2D eigenvalue weighted by molar-refractivity contribution is -0.141. The van der Waals surface area contributed by atoms with Crippen LogP contribution in [0.3, 0.4) is 0 Å². The highest BCUT2D eigenvalue weighted by Crippen LogP contribution is 2.25. The molecule has 15 heavy (non-hydrogen) atoms. The molecular formula is C10H10F3NO. The highest BCUT2D eigenvalue weighted by atomic mass is 19.4. The van der Waals surface area contributed by atoms with Gasteiger partial charge in [-0.3, -0.25) is 4.79 Å². The van der Waals surface area contributed by atoms with Crippen molar-refractivity contribution in [2.24, 2.45) is 0 Å². The number of nitrogens with zero attached hydrogens (tertiary/aromatic N) is 1. The van der Waals surface area contributed by atoms with E-state index in [-0.39, 0.29) is 5.78 Å². The van der Waals surface area contributed by atoms with Crippen LogP contribution in [0.2, 0.25) is 0 Å². The van der Waals surface area contributed by atoms with Crippen molar-refractivity contribution in [2.45, 2.75) is 32.0 Å². The number of aromatic nitrogens is 1. The minimum absolute atomic E-state index is 0.0443. The number of ketones is 1. The van der Waals surface area contributed by atoms with Crippen molar-refractivity contribution in [3.63, 3.8) is 0 Å². The van der Waals surface area contributed by atoms with Crippen LogP contribution in [0.25, 0.3) is 0 Å². The van der Waals surface area contributed by atoms with Gasteiger partial charge in [0.1, 0.15) is 6.54 Å². The van der Waals surface area contributed by atoms with E-state index in [9.17, 15) is 18.0 Å². The maximum absolute atomic E-state index is 12.2. The molecule has 0 N–H and O–H groups in total. The molecule has 2 nitrogen and oxygen atoms in total. The topological polar surface area (TPSA) is 22.0 Å². The van der Waals surface area contributed by atoms with E-state index in [4.69, 9.17) is 0 Å². The Labute approximate surface area is 84.7 Å². The number of hydrogen-bond donors (Lipinski definition) is 0. The standard InChI is InChI=1S/C10H10F3NO/c11-10(12,13)6-14-5-4-7-8(14)2-1-3-9(7)15/h4-5H,1-3,6H2. The van der Waals surface area contributed by atoms with Gasteiger partial charge in [0.15, 0.2) is 5.78 Å². The Kier molecular flexibility index (Phi) is 2.32. The molecule has 1 heterocycles. The van der Waals surface area contributed by atoms with Crippen LogP contribution in [-0.4, -0.2) is 16.5 Å². The maximum Gasteiger partial charge on any atom is 0.406 e. The van der Waals surface area contributed by atoms with E-state index in [1.807, 2.05) is 0 Å². The Morgan fingerprint density at radius 1 is 1.33 bits per heavy atom. The zero-order valence-electron chi connectivity index (χ0n) is 7.97. The van der Waals surface area contributed by atoms with Crippen molar-refractivity contribution in [3.05, 3.63) is 23.5 Å². The lowest BCUT2D eigenvalue weighted by atomic mass is 9.97. The van der Waals surface area contributed by atoms with Gasteiger partial charge in [0.2, 0.25) is 0 Å². The Balaban J connectivity index is 2.31. The average Bonchev–Trinajstić information content (AvgIpc) is 2.48. The van der Waals surface area contributed by atoms with E-state index in [0.29, 0.717) is 30.5 Å². The van der Waals surface area contributed by atoms with Crippen molar-refractivity contribution in [3.8, 4) is 0 Å². The molecule has 0 saturated carbocycles. The lowest BCUT2D eigenvalue weighted by Crippen LogP contribution is -2.21. The quantitative estimate of drug-likeness (QED) is 0.708. The zero-order chi connectivity index (χ0) is 11.1. The first kappa shape index (κ1) is 10.3. The van der Waals surface area contributed by atoms with Gasteiger partial charge in [-0.1, -0.05) is 0 Å². The second-order valence-electron chi connectivity index (χ2n) is 3.70. The Morgan fingerprint density at radius 2 is 2.07 bits per heavy atom. The van der Waals surface area contributed by atoms with Crippen LogP contribution < -0.4 is 0 Å². The van der Waals surface area contributed by atoms with Gasteiger partial charge in [-0.05, 0) is 18.9 Å². The fourth-order valence-electron chi connectivity index (χ4n) is 1.93. The summed E-state index contributed by atoms with van der Waals surface area (Å²) >= 11 is 0. The number of carbonyl (C=O) groups is 1. The number of halogens is 3. The molecule has 0 aromatic carbocycles. The highest BCUT2D eigenvalue weighted by molar-refractivity contribution is 5.98. The van der Waals surface area contributed by atoms with Crippen molar-refractivity contribution < 1.29 is 18.0 Å². The Hall–Kier alpha value is -1.26. The van der Waals surface area contributed by atoms with Crippen molar-refractivity contribution >= 4 is 5.78 Å². The third-order valence-corrected chi connectivity index (χ3v) is 2.55. The normalized spacial score (nSPS) is 16.6. The first-order valence-corrected chi connectivity index (χ1v) is 4.75. The summed E-state index contributed by atoms with van der Waals surface area (Å²) in [7, 11) is 0. The Morgan fingerprint density at radius 3 is 2.73 bits per heavy atom. The van der Waals surface area contributed by atoms with Gasteiger partial charge < -0.3 is 4.57 Å². The van der Waals surface area contributed by atoms with Gasteiger partial charge in [-0.25, -0.2) is 0 Å². The summed E-state index contributed by atoms with van der Waals surface area (Å²) in [4.78, 5) is 11.4. The predicted molar refractivity (Wildman–Crippen MR) is 47.8 cm³/mol. The van der Waals surface area contributed by atoms with E-state index in [1.54, 1.807) is 0 Å². The molecule has 0 amide bonds. The molecule has 1 aromatic rings. The third kappa shape index (κ3) is 2.06. The summed E-state index contributed by atoms with van der Waals surface area (Å²) in [5.41, 5.74) is 0.995. The molecule has 0 saturated heterocycles. The number of fused-ring (bicyclic) bond motifs is 1. The van der Waals surface area contributed by atoms with E-state index < -0.39 is 12.7 Å². The average molecular weight is 217 g/mol. The molecule has 0 aliphatic heterocycles. The molecule has 1 aromatic heterocycles. The molecule has 0 radical (unpaired) electrons. The zero-order valence-corrected chi connectivity index (χ0v) is 7.97. The van der Waals surface area contributed by atoms with E-state index in [0.717, 1.165) is 4.57 Å². The van der Waals surface area contributed by atoms with Crippen LogP contribution in [0.4, 0.5) is 13.2 Å². The van der Waals surface area contributed by atoms with E-state index in [2.05, 4.69) is 0 Å². The number of rotatable bonds is 1. The minimum Gasteiger partial charge on any atom is -0.342 e. The molecule has 5 heteroatoms. The van der Waals surface area contributed by atoms with Crippen molar-refractivity contribution in [2.75, 3.05) is 0 Å². The number of Topliss-reactive ketones (excluding diaryl/α,β-unsaturated/α-hetero) is 1. The molecule has 0 unspecified atom stereocenters. The largest absolute Gasteiger partial charge is 0.406 e. The molecule has 82 valence electrons. The van der Waals surface area contributed by atoms with Crippen LogP contribution in [0, 0.1) is 0 Å². The van der Waals surface area contributed by atoms with Gasteiger partial charge in [-0.2, -0.15) is 13.2 Å². The van der Waals surface area contributed by atoms with Crippen LogP contribution >= 0.6 is 0 Å². The summed E-state index contributed by atoms with van der Waals surface area (Å²) in [6.45, 7) is -1.00. The summed E-state index contributed by atoms with van der Waals surface area (Å²) in [5, 5.41) is 0. The lowest BCUT2D eigenvalue weighted by Gasteiger charge is -2.16. The van der Waals surface area contributed by atoms with Crippen molar-refractivity contribution in [1.29, 1.82) is 0 Å². The van der Waals surface area contributed by atoms with Gasteiger partial charge in [0.05, 0.1) is 0 Å². The maximum atomic E-state index is 12.2. The molecular weight excluding hydrogens is 207 g/mol. The summed E-state index contributed by atoms with van der Waals surface area (Å²) < 4.78 is 37.7. The van der Waals surface area contributed by atoms with Gasteiger partial charge in [0, 0.05) is 23.9 Å². The molecule has 0 spiro atoms. The first-order chi connectivity index (χ1) is 6.97. The fourth-order valence-corrected chi connectivity index (χ4v) is 1.93. The van der Waals surface area contributed by atoms with Gasteiger partial charge >= 0.3 is 6.18 Å². The molecule has 0 fully saturated rings. The van der Waals surface area contributed by atoms with E-state index in [1.165, 1.54) is 12.3 Å². The van der Waals surface area contributed by atoms with Crippen LogP contribution in [0.5, 0.6) is 0 Å². The molecule has 2 rings (SSSR count). The van der Waals surface area contributed by atoms with E-state index >= 15 is 0 Å². The molecule has 1 aliphatic carbocycles. The van der Waals surface area contributed by atoms with Crippen LogP contribution in [0.1, 0.15) is 28.9 Å². The molecule has 0 atom stereocenters. The van der Waals surface area contributed by atoms with Crippen LogP contribution in [0.15, 0.2) is 12.3 Å². The van der Waals surface area contributed by atoms with Gasteiger partial charge in [0.25, 0.3) is 0 Å². The monoisotopic (exact) mass is 217 g/mol. The summed E-state index contributed by atoms with van der Waals surface area (Å²) in [6, 6.07) is 1.49. The smallest absolute Gasteiger partial charge is 0.342 e. The van der Waals surface area contributed by atoms with Gasteiger partial charge in [-0.15, -0.1) is 0 Å². The molecule has 0 bridgehead atoms.